The van der Waals surface area contributed by atoms with E-state index in [4.69, 9.17) is 17.0 Å². The van der Waals surface area contributed by atoms with Crippen LogP contribution in [0.2, 0.25) is 0 Å². The zero-order chi connectivity index (χ0) is 19.5. The van der Waals surface area contributed by atoms with Crippen LogP contribution in [0.3, 0.4) is 0 Å². The van der Waals surface area contributed by atoms with Gasteiger partial charge in [-0.2, -0.15) is 8.78 Å². The van der Waals surface area contributed by atoms with Crippen molar-refractivity contribution in [2.45, 2.75) is 19.6 Å². The lowest BCUT2D eigenvalue weighted by Crippen LogP contribution is -2.52. The molecule has 1 atom stereocenters. The standard InChI is InChI=1S/C15H20F2N4O4S/c1-9(8-24-2)19-15(26)21-20-12(22)7-18-13(23)10-5-3-4-6-11(10)25-14(16)17/h3-6,9,14H,7-8H2,1-2H3,(H,18,23)(H,20,22)(H2,19,21,26)/t9-/m1/s1. The largest absolute Gasteiger partial charge is 0.434 e. The highest BCUT2D eigenvalue weighted by molar-refractivity contribution is 7.80. The fourth-order valence-corrected chi connectivity index (χ4v) is 2.08. The number of carbonyl (C=O) groups excluding carboxylic acids is 2. The van der Waals surface area contributed by atoms with Crippen LogP contribution in [0, 0.1) is 0 Å². The fraction of sp³-hybridized carbons (Fsp3) is 0.400. The molecule has 1 aromatic carbocycles. The van der Waals surface area contributed by atoms with Crippen molar-refractivity contribution < 1.29 is 27.8 Å². The van der Waals surface area contributed by atoms with Crippen LogP contribution in [0.25, 0.3) is 0 Å². The number of halogens is 2. The third-order valence-corrected chi connectivity index (χ3v) is 3.09. The highest BCUT2D eigenvalue weighted by atomic mass is 32.1. The first kappa shape index (κ1) is 21.5. The molecule has 0 saturated carbocycles. The van der Waals surface area contributed by atoms with Gasteiger partial charge in [-0.25, -0.2) is 0 Å². The molecule has 4 N–H and O–H groups in total. The van der Waals surface area contributed by atoms with Crippen LogP contribution in [-0.4, -0.2) is 49.8 Å². The van der Waals surface area contributed by atoms with Crippen molar-refractivity contribution in [2.24, 2.45) is 0 Å². The molecule has 0 spiro atoms. The van der Waals surface area contributed by atoms with E-state index in [1.807, 2.05) is 6.92 Å². The van der Waals surface area contributed by atoms with E-state index in [-0.39, 0.29) is 22.5 Å². The molecule has 0 saturated heterocycles. The minimum Gasteiger partial charge on any atom is -0.434 e. The van der Waals surface area contributed by atoms with E-state index in [0.29, 0.717) is 6.61 Å². The lowest BCUT2D eigenvalue weighted by Gasteiger charge is -2.16. The van der Waals surface area contributed by atoms with Gasteiger partial charge < -0.3 is 20.1 Å². The van der Waals surface area contributed by atoms with E-state index in [0.717, 1.165) is 0 Å². The van der Waals surface area contributed by atoms with Gasteiger partial charge in [0.1, 0.15) is 5.75 Å². The molecule has 26 heavy (non-hydrogen) atoms. The summed E-state index contributed by atoms with van der Waals surface area (Å²) >= 11 is 4.96. The number of nitrogens with one attached hydrogen (secondary N) is 4. The molecular formula is C15H20F2N4O4S. The Balaban J connectivity index is 2.43. The second-order valence-electron chi connectivity index (χ2n) is 5.06. The van der Waals surface area contributed by atoms with Crippen molar-refractivity contribution >= 4 is 29.1 Å². The van der Waals surface area contributed by atoms with Gasteiger partial charge in [-0.15, -0.1) is 0 Å². The Labute approximate surface area is 154 Å². The van der Waals surface area contributed by atoms with Gasteiger partial charge in [0.2, 0.25) is 0 Å². The summed E-state index contributed by atoms with van der Waals surface area (Å²) in [6.07, 6.45) is 0. The van der Waals surface area contributed by atoms with Crippen molar-refractivity contribution in [2.75, 3.05) is 20.3 Å². The molecule has 144 valence electrons. The summed E-state index contributed by atoms with van der Waals surface area (Å²) in [5, 5.41) is 5.33. The number of hydrogen-bond acceptors (Lipinski definition) is 5. The predicted octanol–water partition coefficient (Wildman–Crippen LogP) is 0.548. The monoisotopic (exact) mass is 390 g/mol. The molecule has 8 nitrogen and oxygen atoms in total. The summed E-state index contributed by atoms with van der Waals surface area (Å²) in [4.78, 5) is 23.7. The molecule has 11 heteroatoms. The molecule has 0 aliphatic heterocycles. The van der Waals surface area contributed by atoms with Crippen LogP contribution in [0.5, 0.6) is 5.75 Å². The lowest BCUT2D eigenvalue weighted by molar-refractivity contribution is -0.120. The first-order chi connectivity index (χ1) is 12.3. The summed E-state index contributed by atoms with van der Waals surface area (Å²) in [5.74, 6) is -1.60. The molecule has 0 unspecified atom stereocenters. The van der Waals surface area contributed by atoms with E-state index < -0.39 is 25.0 Å². The van der Waals surface area contributed by atoms with E-state index in [1.54, 1.807) is 7.11 Å². The number of methoxy groups -OCH3 is 1. The second-order valence-corrected chi connectivity index (χ2v) is 5.47. The molecule has 0 aromatic heterocycles. The second kappa shape index (κ2) is 11.2. The number of carbonyl (C=O) groups is 2. The van der Waals surface area contributed by atoms with Crippen molar-refractivity contribution in [3.8, 4) is 5.75 Å². The van der Waals surface area contributed by atoms with Crippen molar-refractivity contribution in [1.82, 2.24) is 21.5 Å². The number of benzene rings is 1. The average Bonchev–Trinajstić information content (AvgIpc) is 2.58. The lowest BCUT2D eigenvalue weighted by atomic mass is 10.2. The van der Waals surface area contributed by atoms with Crippen molar-refractivity contribution in [1.29, 1.82) is 0 Å². The van der Waals surface area contributed by atoms with Gasteiger partial charge in [-0.3, -0.25) is 20.4 Å². The maximum atomic E-state index is 12.3. The Morgan fingerprint density at radius 2 is 1.92 bits per heavy atom. The predicted molar refractivity (Wildman–Crippen MR) is 93.8 cm³/mol. The minimum atomic E-state index is -3.06. The van der Waals surface area contributed by atoms with E-state index >= 15 is 0 Å². The van der Waals surface area contributed by atoms with E-state index in [9.17, 15) is 18.4 Å². The third-order valence-electron chi connectivity index (χ3n) is 2.87. The van der Waals surface area contributed by atoms with Crippen LogP contribution in [0.4, 0.5) is 8.78 Å². The van der Waals surface area contributed by atoms with Crippen LogP contribution < -0.4 is 26.2 Å². The number of hydrazine groups is 1. The summed E-state index contributed by atoms with van der Waals surface area (Å²) < 4.78 is 33.9. The summed E-state index contributed by atoms with van der Waals surface area (Å²) in [6.45, 7) is -1.21. The summed E-state index contributed by atoms with van der Waals surface area (Å²) in [5.41, 5.74) is 4.64. The smallest absolute Gasteiger partial charge is 0.387 e. The number of thiocarbonyl (C=S) groups is 1. The quantitative estimate of drug-likeness (QED) is 0.380. The third kappa shape index (κ3) is 8.03. The number of hydrogen-bond donors (Lipinski definition) is 4. The van der Waals surface area contributed by atoms with Gasteiger partial charge in [0, 0.05) is 13.2 Å². The zero-order valence-electron chi connectivity index (χ0n) is 14.2. The number of alkyl halides is 2. The first-order valence-electron chi connectivity index (χ1n) is 7.49. The molecule has 0 heterocycles. The SMILES string of the molecule is COC[C@@H](C)NC(=S)NNC(=O)CNC(=O)c1ccccc1OC(F)F. The van der Waals surface area contributed by atoms with Gasteiger partial charge in [-0.05, 0) is 31.3 Å². The van der Waals surface area contributed by atoms with Gasteiger partial charge in [-0.1, -0.05) is 12.1 Å². The maximum absolute atomic E-state index is 12.3. The molecule has 1 rings (SSSR count). The minimum absolute atomic E-state index is 0.0667. The Kier molecular flexibility index (Phi) is 9.23. The first-order valence-corrected chi connectivity index (χ1v) is 7.90. The molecule has 0 aliphatic rings. The Bertz CT molecular complexity index is 633. The molecule has 0 aliphatic carbocycles. The Morgan fingerprint density at radius 3 is 2.58 bits per heavy atom. The number of amides is 2. The molecule has 1 aromatic rings. The number of rotatable bonds is 8. The van der Waals surface area contributed by atoms with Gasteiger partial charge in [0.15, 0.2) is 5.11 Å². The maximum Gasteiger partial charge on any atom is 0.387 e. The molecule has 0 bridgehead atoms. The number of ether oxygens (including phenoxy) is 2. The normalized spacial score (nSPS) is 11.4. The van der Waals surface area contributed by atoms with Crippen LogP contribution >= 0.6 is 12.2 Å². The van der Waals surface area contributed by atoms with Crippen LogP contribution in [0.15, 0.2) is 24.3 Å². The number of para-hydroxylation sites is 1. The summed E-state index contributed by atoms with van der Waals surface area (Å²) in [7, 11) is 1.55. The van der Waals surface area contributed by atoms with E-state index in [2.05, 4.69) is 26.2 Å². The highest BCUT2D eigenvalue weighted by Gasteiger charge is 2.16. The van der Waals surface area contributed by atoms with Crippen LogP contribution in [0.1, 0.15) is 17.3 Å². The van der Waals surface area contributed by atoms with Crippen molar-refractivity contribution in [3.63, 3.8) is 0 Å². The molecule has 0 radical (unpaired) electrons. The zero-order valence-corrected chi connectivity index (χ0v) is 15.0. The Morgan fingerprint density at radius 1 is 1.23 bits per heavy atom. The van der Waals surface area contributed by atoms with Gasteiger partial charge >= 0.3 is 6.61 Å². The molecular weight excluding hydrogens is 370 g/mol. The Hall–Kier alpha value is -2.53. The topological polar surface area (TPSA) is 101 Å². The van der Waals surface area contributed by atoms with Gasteiger partial charge in [0.25, 0.3) is 11.8 Å². The highest BCUT2D eigenvalue weighted by Crippen LogP contribution is 2.19. The van der Waals surface area contributed by atoms with E-state index in [1.165, 1.54) is 24.3 Å². The van der Waals surface area contributed by atoms with Gasteiger partial charge in [0.05, 0.1) is 18.7 Å². The molecule has 0 fully saturated rings. The average molecular weight is 390 g/mol. The van der Waals surface area contributed by atoms with Crippen LogP contribution in [-0.2, 0) is 9.53 Å². The van der Waals surface area contributed by atoms with Crippen molar-refractivity contribution in [3.05, 3.63) is 29.8 Å². The molecule has 2 amide bonds. The fourth-order valence-electron chi connectivity index (χ4n) is 1.83. The summed E-state index contributed by atoms with van der Waals surface area (Å²) in [6, 6.07) is 5.40.